The summed E-state index contributed by atoms with van der Waals surface area (Å²) < 4.78 is 12.1. The number of carbonyl (C=O) groups is 1. The summed E-state index contributed by atoms with van der Waals surface area (Å²) in [5, 5.41) is 0. The van der Waals surface area contributed by atoms with E-state index in [9.17, 15) is 4.79 Å². The van der Waals surface area contributed by atoms with Crippen molar-refractivity contribution >= 4 is 5.78 Å². The molecule has 2 rings (SSSR count). The molecule has 1 saturated heterocycles. The molecule has 1 aliphatic heterocycles. The molecule has 0 aromatic carbocycles. The van der Waals surface area contributed by atoms with Crippen LogP contribution in [0, 0.1) is 17.8 Å². The molecule has 20 heavy (non-hydrogen) atoms. The molecule has 2 aliphatic rings. The van der Waals surface area contributed by atoms with Gasteiger partial charge >= 0.3 is 0 Å². The van der Waals surface area contributed by atoms with Crippen LogP contribution in [0.3, 0.4) is 0 Å². The average molecular weight is 278 g/mol. The van der Waals surface area contributed by atoms with Crippen molar-refractivity contribution in [2.24, 2.45) is 5.41 Å². The van der Waals surface area contributed by atoms with Gasteiger partial charge < -0.3 is 9.47 Å². The first-order chi connectivity index (χ1) is 9.50. The quantitative estimate of drug-likeness (QED) is 0.570. The van der Waals surface area contributed by atoms with E-state index in [4.69, 9.17) is 15.9 Å². The zero-order valence-corrected chi connectivity index (χ0v) is 12.7. The highest BCUT2D eigenvalue weighted by Crippen LogP contribution is 2.43. The fourth-order valence-corrected chi connectivity index (χ4v) is 3.24. The van der Waals surface area contributed by atoms with Gasteiger partial charge in [0, 0.05) is 31.1 Å². The monoisotopic (exact) mass is 278 g/mol. The molecule has 1 heterocycles. The minimum atomic E-state index is -0.450. The van der Waals surface area contributed by atoms with E-state index in [-0.39, 0.29) is 11.9 Å². The Labute approximate surface area is 122 Å². The van der Waals surface area contributed by atoms with Gasteiger partial charge in [0.15, 0.2) is 5.79 Å². The van der Waals surface area contributed by atoms with Crippen molar-refractivity contribution in [3.8, 4) is 12.3 Å². The number of ether oxygens (including phenoxy) is 2. The summed E-state index contributed by atoms with van der Waals surface area (Å²) in [6, 6.07) is 0. The number of carbonyl (C=O) groups excluding carboxylic acids is 1. The van der Waals surface area contributed by atoms with E-state index >= 15 is 0 Å². The molecule has 1 saturated carbocycles. The van der Waals surface area contributed by atoms with Gasteiger partial charge in [0.1, 0.15) is 5.78 Å². The Morgan fingerprint density at radius 1 is 1.40 bits per heavy atom. The van der Waals surface area contributed by atoms with Crippen molar-refractivity contribution in [2.75, 3.05) is 6.61 Å². The number of Topliss-reactive ketones (excluding diaryl/α,β-unsaturated/α-hetero) is 1. The van der Waals surface area contributed by atoms with Crippen LogP contribution in [0.5, 0.6) is 0 Å². The molecule has 0 bridgehead atoms. The average Bonchev–Trinajstić information content (AvgIpc) is 2.87. The van der Waals surface area contributed by atoms with Gasteiger partial charge in [0.05, 0.1) is 12.7 Å². The van der Waals surface area contributed by atoms with Crippen molar-refractivity contribution in [3.63, 3.8) is 0 Å². The van der Waals surface area contributed by atoms with Crippen molar-refractivity contribution in [1.29, 1.82) is 0 Å². The third-order valence-corrected chi connectivity index (χ3v) is 4.72. The summed E-state index contributed by atoms with van der Waals surface area (Å²) in [4.78, 5) is 12.5. The van der Waals surface area contributed by atoms with E-state index in [1.165, 1.54) is 0 Å². The fraction of sp³-hybridized carbons (Fsp3) is 0.824. The Hall–Kier alpha value is -0.850. The third-order valence-electron chi connectivity index (χ3n) is 4.72. The Balaban J connectivity index is 1.97. The minimum absolute atomic E-state index is 0.0346. The molecule has 112 valence electrons. The third kappa shape index (κ3) is 3.24. The maximum absolute atomic E-state index is 12.5. The lowest BCUT2D eigenvalue weighted by atomic mass is 9.78. The molecule has 0 radical (unpaired) electrons. The molecule has 1 spiro atoms. The summed E-state index contributed by atoms with van der Waals surface area (Å²) in [5.41, 5.74) is -0.450. The number of ketones is 1. The predicted molar refractivity (Wildman–Crippen MR) is 78.1 cm³/mol. The van der Waals surface area contributed by atoms with Gasteiger partial charge in [-0.3, -0.25) is 4.79 Å². The van der Waals surface area contributed by atoms with E-state index < -0.39 is 11.2 Å². The molecule has 0 aromatic rings. The Morgan fingerprint density at radius 3 is 2.75 bits per heavy atom. The second kappa shape index (κ2) is 6.28. The summed E-state index contributed by atoms with van der Waals surface area (Å²) in [5.74, 6) is 2.44. The van der Waals surface area contributed by atoms with E-state index in [2.05, 4.69) is 5.92 Å². The first kappa shape index (κ1) is 15.5. The molecule has 0 unspecified atom stereocenters. The summed E-state index contributed by atoms with van der Waals surface area (Å²) in [7, 11) is 0. The second-order valence-electron chi connectivity index (χ2n) is 6.56. The van der Waals surface area contributed by atoms with Crippen LogP contribution in [0.1, 0.15) is 65.2 Å². The number of unbranched alkanes of at least 4 members (excludes halogenated alkanes) is 1. The summed E-state index contributed by atoms with van der Waals surface area (Å²) in [6.45, 7) is 4.71. The van der Waals surface area contributed by atoms with Gasteiger partial charge in [-0.2, -0.15) is 0 Å². The molecule has 0 N–H and O–H groups in total. The van der Waals surface area contributed by atoms with Crippen molar-refractivity contribution in [1.82, 2.24) is 0 Å². The van der Waals surface area contributed by atoms with Crippen LogP contribution in [0.15, 0.2) is 0 Å². The van der Waals surface area contributed by atoms with Crippen LogP contribution in [-0.4, -0.2) is 24.3 Å². The maximum Gasteiger partial charge on any atom is 0.168 e. The van der Waals surface area contributed by atoms with Crippen LogP contribution in [-0.2, 0) is 14.3 Å². The normalized spacial score (nSPS) is 25.6. The lowest BCUT2D eigenvalue weighted by Gasteiger charge is -2.44. The fourth-order valence-electron chi connectivity index (χ4n) is 3.24. The van der Waals surface area contributed by atoms with Crippen LogP contribution in [0.25, 0.3) is 0 Å². The lowest BCUT2D eigenvalue weighted by Crippen LogP contribution is -2.50. The van der Waals surface area contributed by atoms with Crippen LogP contribution in [0.2, 0.25) is 0 Å². The standard InChI is InChI=1S/C17H26O3/c1-4-5-6-9-14(18)16(2,3)15-10-13-19-17(20-15)11-7-8-12-17/h1,15H,5-13H2,2-3H3/t15-/m0/s1. The minimum Gasteiger partial charge on any atom is -0.350 e. The molecular formula is C17H26O3. The number of terminal acetylenes is 1. The first-order valence-corrected chi connectivity index (χ1v) is 7.79. The molecule has 0 aromatic heterocycles. The largest absolute Gasteiger partial charge is 0.350 e. The highest BCUT2D eigenvalue weighted by Gasteiger charge is 2.47. The van der Waals surface area contributed by atoms with E-state index in [1.807, 2.05) is 13.8 Å². The van der Waals surface area contributed by atoms with Crippen LogP contribution < -0.4 is 0 Å². The van der Waals surface area contributed by atoms with Gasteiger partial charge in [-0.05, 0) is 25.7 Å². The van der Waals surface area contributed by atoms with Gasteiger partial charge in [0.25, 0.3) is 0 Å². The molecule has 1 atom stereocenters. The second-order valence-corrected chi connectivity index (χ2v) is 6.56. The molecule has 2 fully saturated rings. The van der Waals surface area contributed by atoms with Crippen LogP contribution in [0.4, 0.5) is 0 Å². The van der Waals surface area contributed by atoms with Gasteiger partial charge in [-0.1, -0.05) is 13.8 Å². The maximum atomic E-state index is 12.5. The summed E-state index contributed by atoms with van der Waals surface area (Å²) >= 11 is 0. The highest BCUT2D eigenvalue weighted by atomic mass is 16.7. The van der Waals surface area contributed by atoms with Crippen molar-refractivity contribution < 1.29 is 14.3 Å². The SMILES string of the molecule is C#CCCCC(=O)C(C)(C)[C@@H]1CCOC2(CCCC2)O1. The smallest absolute Gasteiger partial charge is 0.168 e. The number of hydrogen-bond donors (Lipinski definition) is 0. The Kier molecular flexibility index (Phi) is 4.88. The molecule has 1 aliphatic carbocycles. The predicted octanol–water partition coefficient (Wildman–Crippen LogP) is 3.46. The van der Waals surface area contributed by atoms with E-state index in [1.54, 1.807) is 0 Å². The zero-order valence-electron chi connectivity index (χ0n) is 12.7. The van der Waals surface area contributed by atoms with Gasteiger partial charge in [0.2, 0.25) is 0 Å². The zero-order chi connectivity index (χ0) is 14.6. The first-order valence-electron chi connectivity index (χ1n) is 7.79. The van der Waals surface area contributed by atoms with E-state index in [0.717, 1.165) is 38.5 Å². The van der Waals surface area contributed by atoms with Gasteiger partial charge in [-0.25, -0.2) is 0 Å². The van der Waals surface area contributed by atoms with Crippen LogP contribution >= 0.6 is 0 Å². The molecule has 3 nitrogen and oxygen atoms in total. The lowest BCUT2D eigenvalue weighted by molar-refractivity contribution is -0.303. The molecular weight excluding hydrogens is 252 g/mol. The number of hydrogen-bond acceptors (Lipinski definition) is 3. The highest BCUT2D eigenvalue weighted by molar-refractivity contribution is 5.84. The van der Waals surface area contributed by atoms with E-state index in [0.29, 0.717) is 19.4 Å². The topological polar surface area (TPSA) is 35.5 Å². The van der Waals surface area contributed by atoms with Crippen molar-refractivity contribution in [3.05, 3.63) is 0 Å². The molecule has 3 heteroatoms. The number of rotatable bonds is 5. The Bertz CT molecular complexity index is 386. The van der Waals surface area contributed by atoms with Gasteiger partial charge in [-0.15, -0.1) is 12.3 Å². The van der Waals surface area contributed by atoms with Crippen molar-refractivity contribution in [2.45, 2.75) is 77.1 Å². The summed E-state index contributed by atoms with van der Waals surface area (Å²) in [6.07, 6.45) is 12.2. The molecule has 0 amide bonds. The Morgan fingerprint density at radius 2 is 2.10 bits per heavy atom.